The fourth-order valence-corrected chi connectivity index (χ4v) is 5.99. The van der Waals surface area contributed by atoms with E-state index < -0.39 is 24.2 Å². The van der Waals surface area contributed by atoms with Crippen molar-refractivity contribution >= 4 is 11.8 Å². The van der Waals surface area contributed by atoms with Gasteiger partial charge in [0, 0.05) is 42.7 Å². The molecule has 2 amide bonds. The number of hydrogen-bond acceptors (Lipinski definition) is 7. The van der Waals surface area contributed by atoms with Crippen molar-refractivity contribution in [1.82, 2.24) is 20.6 Å². The normalized spacial score (nSPS) is 22.6. The molecule has 2 saturated heterocycles. The van der Waals surface area contributed by atoms with E-state index in [0.717, 1.165) is 37.2 Å². The second-order valence-electron chi connectivity index (χ2n) is 11.4. The van der Waals surface area contributed by atoms with E-state index in [1.807, 2.05) is 60.7 Å². The molecule has 3 aromatic carbocycles. The standard InChI is InChI=1S/C35H40N4O5/c1-25(41)32-31(24-40)44-39(33(32)35(43)37-30-17-19-38(23-30)21-27-10-4-2-5-11-27)22-28-13-8-12-26(20-28)14-9-18-36-34(42)29-15-6-3-7-16-29/h2-8,10-13,15-16,20,25,30-33,40-41H,17-19,21-24H2,1H3,(H,36,42)(H,37,43)/t25-,30-,31-,32+,33-/m1/s1. The van der Waals surface area contributed by atoms with E-state index in [2.05, 4.69) is 39.5 Å². The van der Waals surface area contributed by atoms with Gasteiger partial charge in [-0.25, -0.2) is 0 Å². The van der Waals surface area contributed by atoms with E-state index in [1.54, 1.807) is 24.1 Å². The number of carbonyl (C=O) groups excluding carboxylic acids is 2. The van der Waals surface area contributed by atoms with Gasteiger partial charge < -0.3 is 20.8 Å². The van der Waals surface area contributed by atoms with Crippen LogP contribution in [0.5, 0.6) is 0 Å². The molecular weight excluding hydrogens is 556 g/mol. The molecule has 9 heteroatoms. The molecule has 0 saturated carbocycles. The minimum absolute atomic E-state index is 0.0168. The van der Waals surface area contributed by atoms with Crippen molar-refractivity contribution in [3.05, 3.63) is 107 Å². The van der Waals surface area contributed by atoms with Gasteiger partial charge in [-0.15, -0.1) is 0 Å². The van der Waals surface area contributed by atoms with E-state index in [4.69, 9.17) is 4.84 Å². The van der Waals surface area contributed by atoms with Gasteiger partial charge in [-0.05, 0) is 48.7 Å². The van der Waals surface area contributed by atoms with E-state index in [1.165, 1.54) is 5.56 Å². The fraction of sp³-hybridized carbons (Fsp3) is 0.371. The van der Waals surface area contributed by atoms with Crippen LogP contribution >= 0.6 is 0 Å². The van der Waals surface area contributed by atoms with Gasteiger partial charge in [0.25, 0.3) is 5.91 Å². The van der Waals surface area contributed by atoms with E-state index >= 15 is 0 Å². The van der Waals surface area contributed by atoms with Crippen LogP contribution in [0.25, 0.3) is 0 Å². The third kappa shape index (κ3) is 8.11. The smallest absolute Gasteiger partial charge is 0.252 e. The highest BCUT2D eigenvalue weighted by Gasteiger charge is 2.49. The van der Waals surface area contributed by atoms with Crippen LogP contribution in [-0.4, -0.2) is 82.5 Å². The van der Waals surface area contributed by atoms with Crippen LogP contribution in [0.1, 0.15) is 40.4 Å². The summed E-state index contributed by atoms with van der Waals surface area (Å²) in [4.78, 5) is 34.4. The molecule has 5 rings (SSSR count). The summed E-state index contributed by atoms with van der Waals surface area (Å²) >= 11 is 0. The maximum absolute atomic E-state index is 13.7. The highest BCUT2D eigenvalue weighted by Crippen LogP contribution is 2.32. The Labute approximate surface area is 258 Å². The third-order valence-electron chi connectivity index (χ3n) is 8.12. The summed E-state index contributed by atoms with van der Waals surface area (Å²) < 4.78 is 0. The van der Waals surface area contributed by atoms with Crippen LogP contribution in [0.4, 0.5) is 0 Å². The lowest BCUT2D eigenvalue weighted by Crippen LogP contribution is -2.51. The minimum Gasteiger partial charge on any atom is -0.394 e. The van der Waals surface area contributed by atoms with Gasteiger partial charge in [-0.2, -0.15) is 5.06 Å². The van der Waals surface area contributed by atoms with Crippen molar-refractivity contribution in [2.24, 2.45) is 5.92 Å². The number of aliphatic hydroxyl groups is 2. The Morgan fingerprint density at radius 1 is 1.00 bits per heavy atom. The largest absolute Gasteiger partial charge is 0.394 e. The zero-order chi connectivity index (χ0) is 30.9. The Hall–Kier alpha value is -4.04. The maximum atomic E-state index is 13.7. The van der Waals surface area contributed by atoms with Crippen molar-refractivity contribution in [3.63, 3.8) is 0 Å². The summed E-state index contributed by atoms with van der Waals surface area (Å²) in [5.41, 5.74) is 3.43. The van der Waals surface area contributed by atoms with Crippen LogP contribution in [-0.2, 0) is 22.7 Å². The van der Waals surface area contributed by atoms with Crippen molar-refractivity contribution in [2.75, 3.05) is 26.2 Å². The van der Waals surface area contributed by atoms with Gasteiger partial charge in [0.1, 0.15) is 12.1 Å². The van der Waals surface area contributed by atoms with Gasteiger partial charge in [-0.1, -0.05) is 72.5 Å². The van der Waals surface area contributed by atoms with Crippen LogP contribution in [0.15, 0.2) is 84.9 Å². The highest BCUT2D eigenvalue weighted by atomic mass is 16.7. The SMILES string of the molecule is C[C@@H](O)[C@H]1[C@@H](CO)ON(Cc2cccc(C#CCNC(=O)c3ccccc3)c2)[C@H]1C(=O)N[C@@H]1CCN(Cc2ccccc2)C1. The molecule has 2 aliphatic heterocycles. The quantitative estimate of drug-likeness (QED) is 0.266. The lowest BCUT2D eigenvalue weighted by molar-refractivity contribution is -0.182. The van der Waals surface area contributed by atoms with Crippen molar-refractivity contribution in [1.29, 1.82) is 0 Å². The van der Waals surface area contributed by atoms with Crippen LogP contribution in [0.3, 0.4) is 0 Å². The molecule has 0 unspecified atom stereocenters. The second kappa shape index (κ2) is 15.1. The van der Waals surface area contributed by atoms with E-state index in [-0.39, 0.29) is 37.6 Å². The number of likely N-dealkylation sites (tertiary alicyclic amines) is 1. The van der Waals surface area contributed by atoms with Crippen LogP contribution in [0, 0.1) is 17.8 Å². The molecule has 9 nitrogen and oxygen atoms in total. The topological polar surface area (TPSA) is 114 Å². The molecule has 0 bridgehead atoms. The first-order valence-electron chi connectivity index (χ1n) is 15.1. The van der Waals surface area contributed by atoms with Gasteiger partial charge in [0.2, 0.25) is 5.91 Å². The maximum Gasteiger partial charge on any atom is 0.252 e. The molecule has 0 spiro atoms. The Bertz CT molecular complexity index is 1460. The molecular formula is C35H40N4O5. The predicted molar refractivity (Wildman–Crippen MR) is 167 cm³/mol. The monoisotopic (exact) mass is 596 g/mol. The second-order valence-corrected chi connectivity index (χ2v) is 11.4. The molecule has 2 fully saturated rings. The number of aliphatic hydroxyl groups excluding tert-OH is 2. The molecule has 0 radical (unpaired) electrons. The predicted octanol–water partition coefficient (Wildman–Crippen LogP) is 2.33. The molecule has 4 N–H and O–H groups in total. The molecule has 2 heterocycles. The molecule has 0 aromatic heterocycles. The highest BCUT2D eigenvalue weighted by molar-refractivity contribution is 5.94. The molecule has 44 heavy (non-hydrogen) atoms. The minimum atomic E-state index is -0.866. The van der Waals surface area contributed by atoms with E-state index in [9.17, 15) is 19.8 Å². The van der Waals surface area contributed by atoms with Crippen molar-refractivity contribution in [2.45, 2.75) is 50.7 Å². The zero-order valence-electron chi connectivity index (χ0n) is 24.9. The number of hydroxylamine groups is 2. The fourth-order valence-electron chi connectivity index (χ4n) is 5.99. The average Bonchev–Trinajstić information content (AvgIpc) is 3.64. The number of hydrogen-bond donors (Lipinski definition) is 4. The summed E-state index contributed by atoms with van der Waals surface area (Å²) in [7, 11) is 0. The summed E-state index contributed by atoms with van der Waals surface area (Å²) in [6, 6.07) is 26.0. The molecule has 3 aromatic rings. The number of carbonyl (C=O) groups is 2. The Kier molecular flexibility index (Phi) is 10.8. The van der Waals surface area contributed by atoms with Gasteiger partial charge in [0.15, 0.2) is 0 Å². The number of amides is 2. The van der Waals surface area contributed by atoms with Gasteiger partial charge in [0.05, 0.1) is 25.8 Å². The number of nitrogens with zero attached hydrogens (tertiary/aromatic N) is 2. The lowest BCUT2D eigenvalue weighted by atomic mass is 9.89. The molecule has 5 atom stereocenters. The van der Waals surface area contributed by atoms with Crippen LogP contribution in [0.2, 0.25) is 0 Å². The summed E-state index contributed by atoms with van der Waals surface area (Å²) in [6.07, 6.45) is -0.740. The molecule has 230 valence electrons. The van der Waals surface area contributed by atoms with Crippen LogP contribution < -0.4 is 10.6 Å². The Morgan fingerprint density at radius 2 is 1.73 bits per heavy atom. The number of benzene rings is 3. The van der Waals surface area contributed by atoms with Gasteiger partial charge >= 0.3 is 0 Å². The number of rotatable bonds is 10. The summed E-state index contributed by atoms with van der Waals surface area (Å²) in [5.74, 6) is 5.06. The molecule has 2 aliphatic rings. The molecule has 0 aliphatic carbocycles. The number of nitrogens with one attached hydrogen (secondary N) is 2. The first-order valence-corrected chi connectivity index (χ1v) is 15.1. The van der Waals surface area contributed by atoms with Crippen molar-refractivity contribution in [3.8, 4) is 11.8 Å². The average molecular weight is 597 g/mol. The summed E-state index contributed by atoms with van der Waals surface area (Å²) in [6.45, 7) is 4.23. The zero-order valence-corrected chi connectivity index (χ0v) is 24.9. The first-order chi connectivity index (χ1) is 21.4. The Morgan fingerprint density at radius 3 is 2.45 bits per heavy atom. The Balaban J connectivity index is 1.22. The van der Waals surface area contributed by atoms with Crippen molar-refractivity contribution < 1.29 is 24.6 Å². The lowest BCUT2D eigenvalue weighted by Gasteiger charge is -2.28. The van der Waals surface area contributed by atoms with E-state index in [0.29, 0.717) is 5.56 Å². The van der Waals surface area contributed by atoms with Gasteiger partial charge in [-0.3, -0.25) is 19.3 Å². The third-order valence-corrected chi connectivity index (χ3v) is 8.12. The first kappa shape index (κ1) is 31.4. The summed E-state index contributed by atoms with van der Waals surface area (Å²) in [5, 5.41) is 28.3.